The average molecular weight is 456 g/mol. The van der Waals surface area contributed by atoms with Crippen LogP contribution in [-0.2, 0) is 11.3 Å². The zero-order valence-electron chi connectivity index (χ0n) is 19.6. The van der Waals surface area contributed by atoms with Gasteiger partial charge in [0.2, 0.25) is 0 Å². The highest BCUT2D eigenvalue weighted by Crippen LogP contribution is 2.45. The molecule has 0 aromatic heterocycles. The number of carbonyl (C=O) groups is 2. The summed E-state index contributed by atoms with van der Waals surface area (Å²) in [5, 5.41) is 11.8. The van der Waals surface area contributed by atoms with Gasteiger partial charge in [0.25, 0.3) is 5.69 Å². The molecule has 2 aromatic carbocycles. The number of ketones is 1. The number of hydrogen-bond donors (Lipinski definition) is 0. The molecule has 0 N–H and O–H groups in total. The molecule has 3 rings (SSSR count). The van der Waals surface area contributed by atoms with Gasteiger partial charge in [0.1, 0.15) is 23.5 Å². The van der Waals surface area contributed by atoms with Crippen LogP contribution < -0.4 is 9.47 Å². The van der Waals surface area contributed by atoms with E-state index in [1.807, 2.05) is 13.8 Å². The number of benzene rings is 2. The molecule has 0 saturated carbocycles. The number of nitro benzene ring substituents is 1. The normalized spacial score (nSPS) is 12.9. The van der Waals surface area contributed by atoms with Crippen LogP contribution in [0.15, 0.2) is 24.3 Å². The van der Waals surface area contributed by atoms with Crippen LogP contribution in [0.5, 0.6) is 17.2 Å². The van der Waals surface area contributed by atoms with E-state index in [0.717, 1.165) is 6.42 Å². The highest BCUT2D eigenvalue weighted by Gasteiger charge is 2.31. The van der Waals surface area contributed by atoms with Crippen molar-refractivity contribution in [2.45, 2.75) is 54.1 Å². The SMILES string of the molecule is Cc1cc(OCCC(C)C)c2c(c1[N+](=O)[O-])COC(=O)c1cc(C(=O)CC(C)C)ccc1O2. The summed E-state index contributed by atoms with van der Waals surface area (Å²) in [6.45, 7) is 9.68. The number of ether oxygens (including phenoxy) is 3. The zero-order chi connectivity index (χ0) is 24.3. The molecule has 1 aliphatic rings. The third-order valence-electron chi connectivity index (χ3n) is 5.31. The summed E-state index contributed by atoms with van der Waals surface area (Å²) in [7, 11) is 0. The third-order valence-corrected chi connectivity index (χ3v) is 5.31. The Labute approximate surface area is 193 Å². The fraction of sp³-hybridized carbons (Fsp3) is 0.440. The number of rotatable bonds is 8. The molecule has 2 aromatic rings. The average Bonchev–Trinajstić information content (AvgIpc) is 2.71. The van der Waals surface area contributed by atoms with Crippen LogP contribution in [0.2, 0.25) is 0 Å². The van der Waals surface area contributed by atoms with E-state index in [1.165, 1.54) is 12.1 Å². The highest BCUT2D eigenvalue weighted by atomic mass is 16.6. The van der Waals surface area contributed by atoms with Crippen molar-refractivity contribution in [2.75, 3.05) is 6.61 Å². The predicted octanol–water partition coefficient (Wildman–Crippen LogP) is 6.02. The van der Waals surface area contributed by atoms with E-state index < -0.39 is 10.9 Å². The first-order valence-electron chi connectivity index (χ1n) is 11.0. The number of carbonyl (C=O) groups excluding carboxylic acids is 2. The number of aryl methyl sites for hydroxylation is 1. The summed E-state index contributed by atoms with van der Waals surface area (Å²) in [5.41, 5.74) is 0.812. The number of hydrogen-bond acceptors (Lipinski definition) is 7. The number of fused-ring (bicyclic) bond motifs is 2. The fourth-order valence-corrected chi connectivity index (χ4v) is 3.60. The molecule has 0 saturated heterocycles. The molecule has 0 bridgehead atoms. The maximum absolute atomic E-state index is 12.7. The van der Waals surface area contributed by atoms with Crippen molar-refractivity contribution < 1.29 is 28.7 Å². The van der Waals surface area contributed by atoms with Gasteiger partial charge in [-0.1, -0.05) is 27.7 Å². The maximum Gasteiger partial charge on any atom is 0.342 e. The van der Waals surface area contributed by atoms with Crippen molar-refractivity contribution in [1.29, 1.82) is 0 Å². The van der Waals surface area contributed by atoms with Crippen LogP contribution in [0.3, 0.4) is 0 Å². The van der Waals surface area contributed by atoms with Crippen molar-refractivity contribution in [3.05, 3.63) is 56.6 Å². The molecule has 176 valence electrons. The topological polar surface area (TPSA) is 105 Å². The first kappa shape index (κ1) is 24.2. The minimum absolute atomic E-state index is 0.0895. The molecule has 0 atom stereocenters. The minimum Gasteiger partial charge on any atom is -0.490 e. The highest BCUT2D eigenvalue weighted by molar-refractivity contribution is 6.00. The van der Waals surface area contributed by atoms with Gasteiger partial charge >= 0.3 is 5.97 Å². The van der Waals surface area contributed by atoms with Gasteiger partial charge in [-0.15, -0.1) is 0 Å². The Morgan fingerprint density at radius 1 is 1.18 bits per heavy atom. The molecule has 1 heterocycles. The second kappa shape index (κ2) is 10.0. The molecule has 8 heteroatoms. The summed E-state index contributed by atoms with van der Waals surface area (Å²) in [6, 6.07) is 6.12. The molecular formula is C25H29NO7. The van der Waals surface area contributed by atoms with Crippen LogP contribution in [0.4, 0.5) is 5.69 Å². The van der Waals surface area contributed by atoms with Crippen LogP contribution in [0, 0.1) is 28.9 Å². The monoisotopic (exact) mass is 455 g/mol. The van der Waals surface area contributed by atoms with E-state index in [2.05, 4.69) is 13.8 Å². The molecule has 0 radical (unpaired) electrons. The zero-order valence-corrected chi connectivity index (χ0v) is 19.6. The van der Waals surface area contributed by atoms with Gasteiger partial charge in [0.15, 0.2) is 17.3 Å². The number of cyclic esters (lactones) is 1. The van der Waals surface area contributed by atoms with E-state index in [1.54, 1.807) is 19.1 Å². The number of nitrogens with zero attached hydrogens (tertiary/aromatic N) is 1. The van der Waals surface area contributed by atoms with Gasteiger partial charge in [0.05, 0.1) is 11.5 Å². The van der Waals surface area contributed by atoms with Gasteiger partial charge in [-0.2, -0.15) is 0 Å². The van der Waals surface area contributed by atoms with Crippen molar-refractivity contribution in [2.24, 2.45) is 11.8 Å². The molecule has 33 heavy (non-hydrogen) atoms. The van der Waals surface area contributed by atoms with E-state index in [0.29, 0.717) is 35.8 Å². The third kappa shape index (κ3) is 5.50. The van der Waals surface area contributed by atoms with Gasteiger partial charge in [0, 0.05) is 17.5 Å². The van der Waals surface area contributed by atoms with Gasteiger partial charge in [-0.05, 0) is 49.4 Å². The Balaban J connectivity index is 2.09. The predicted molar refractivity (Wildman–Crippen MR) is 122 cm³/mol. The first-order chi connectivity index (χ1) is 15.6. The van der Waals surface area contributed by atoms with E-state index in [9.17, 15) is 19.7 Å². The molecule has 1 aliphatic heterocycles. The second-order valence-electron chi connectivity index (χ2n) is 9.05. The van der Waals surface area contributed by atoms with E-state index in [-0.39, 0.29) is 46.6 Å². The minimum atomic E-state index is -0.715. The van der Waals surface area contributed by atoms with E-state index in [4.69, 9.17) is 14.2 Å². The summed E-state index contributed by atoms with van der Waals surface area (Å²) in [4.78, 5) is 36.5. The van der Waals surface area contributed by atoms with Gasteiger partial charge in [-0.3, -0.25) is 14.9 Å². The van der Waals surface area contributed by atoms with Crippen LogP contribution in [0.25, 0.3) is 0 Å². The summed E-state index contributed by atoms with van der Waals surface area (Å²) in [5.74, 6) is 0.414. The standard InChI is InChI=1S/C25H29NO7/c1-14(2)8-9-31-22-11-16(5)23(26(29)30)19-13-32-25(28)18-12-17(20(27)10-15(3)4)6-7-21(18)33-24(19)22/h6-7,11-12,14-15H,8-10,13H2,1-5H3. The second-order valence-corrected chi connectivity index (χ2v) is 9.05. The summed E-state index contributed by atoms with van der Waals surface area (Å²) >= 11 is 0. The Hall–Kier alpha value is -3.42. The van der Waals surface area contributed by atoms with Gasteiger partial charge < -0.3 is 14.2 Å². The first-order valence-corrected chi connectivity index (χ1v) is 11.0. The molecule has 0 unspecified atom stereocenters. The Morgan fingerprint density at radius 3 is 2.55 bits per heavy atom. The lowest BCUT2D eigenvalue weighted by Crippen LogP contribution is -2.15. The van der Waals surface area contributed by atoms with Crippen LogP contribution in [0.1, 0.15) is 72.4 Å². The Kier molecular flexibility index (Phi) is 7.36. The summed E-state index contributed by atoms with van der Waals surface area (Å²) in [6.07, 6.45) is 1.13. The quantitative estimate of drug-likeness (QED) is 0.207. The molecular weight excluding hydrogens is 426 g/mol. The summed E-state index contributed by atoms with van der Waals surface area (Å²) < 4.78 is 17.4. The lowest BCUT2D eigenvalue weighted by molar-refractivity contribution is -0.386. The molecule has 0 fully saturated rings. The Morgan fingerprint density at radius 2 is 1.91 bits per heavy atom. The van der Waals surface area contributed by atoms with Crippen molar-refractivity contribution in [3.63, 3.8) is 0 Å². The van der Waals surface area contributed by atoms with E-state index >= 15 is 0 Å². The smallest absolute Gasteiger partial charge is 0.342 e. The molecule has 0 spiro atoms. The maximum atomic E-state index is 12.7. The lowest BCUT2D eigenvalue weighted by atomic mass is 9.99. The molecule has 8 nitrogen and oxygen atoms in total. The van der Waals surface area contributed by atoms with Gasteiger partial charge in [-0.25, -0.2) is 4.79 Å². The van der Waals surface area contributed by atoms with Crippen molar-refractivity contribution in [1.82, 2.24) is 0 Å². The fourth-order valence-electron chi connectivity index (χ4n) is 3.60. The molecule has 0 aliphatic carbocycles. The Bertz CT molecular complexity index is 1090. The number of nitro groups is 1. The van der Waals surface area contributed by atoms with Crippen molar-refractivity contribution >= 4 is 17.4 Å². The van der Waals surface area contributed by atoms with Crippen LogP contribution >= 0.6 is 0 Å². The number of Topliss-reactive ketones (excluding diaryl/α,β-unsaturated/α-hetero) is 1. The van der Waals surface area contributed by atoms with Crippen molar-refractivity contribution in [3.8, 4) is 17.2 Å². The lowest BCUT2D eigenvalue weighted by Gasteiger charge is -2.22. The largest absolute Gasteiger partial charge is 0.490 e. The molecule has 0 amide bonds. The number of esters is 1. The van der Waals surface area contributed by atoms with Crippen LogP contribution in [-0.4, -0.2) is 23.3 Å².